The van der Waals surface area contributed by atoms with Crippen LogP contribution in [-0.2, 0) is 0 Å². The third-order valence-electron chi connectivity index (χ3n) is 1.94. The summed E-state index contributed by atoms with van der Waals surface area (Å²) >= 11 is 1.44. The first-order chi connectivity index (χ1) is 7.52. The summed E-state index contributed by atoms with van der Waals surface area (Å²) < 4.78 is 26.1. The molecular weight excluding hydrogens is 230 g/mol. The van der Waals surface area contributed by atoms with Crippen LogP contribution in [0.1, 0.15) is 24.2 Å². The molecule has 4 heteroatoms. The minimum Gasteiger partial charge on any atom is -0.293 e. The van der Waals surface area contributed by atoms with Crippen LogP contribution in [0.3, 0.4) is 0 Å². The number of hydrogen-bond donors (Lipinski definition) is 0. The number of carbonyl (C=O) groups is 1. The molecule has 0 spiro atoms. The molecule has 88 valence electrons. The van der Waals surface area contributed by atoms with E-state index in [4.69, 9.17) is 0 Å². The summed E-state index contributed by atoms with van der Waals surface area (Å²) in [5.41, 5.74) is -0.156. The lowest BCUT2D eigenvalue weighted by Gasteiger charge is -2.05. The average molecular weight is 244 g/mol. The van der Waals surface area contributed by atoms with E-state index in [2.05, 4.69) is 0 Å². The number of ketones is 1. The van der Waals surface area contributed by atoms with Crippen molar-refractivity contribution in [2.75, 3.05) is 11.5 Å². The Morgan fingerprint density at radius 1 is 1.38 bits per heavy atom. The summed E-state index contributed by atoms with van der Waals surface area (Å²) in [4.78, 5) is 11.6. The molecule has 0 unspecified atom stereocenters. The van der Waals surface area contributed by atoms with Gasteiger partial charge in [-0.1, -0.05) is 19.9 Å². The van der Waals surface area contributed by atoms with Gasteiger partial charge in [-0.15, -0.1) is 0 Å². The summed E-state index contributed by atoms with van der Waals surface area (Å²) in [5.74, 6) is -0.864. The van der Waals surface area contributed by atoms with Crippen molar-refractivity contribution in [3.8, 4) is 0 Å². The van der Waals surface area contributed by atoms with Crippen molar-refractivity contribution in [1.29, 1.82) is 0 Å². The van der Waals surface area contributed by atoms with Crippen LogP contribution in [0.2, 0.25) is 0 Å². The Morgan fingerprint density at radius 2 is 2.06 bits per heavy atom. The van der Waals surface area contributed by atoms with Crippen molar-refractivity contribution in [3.63, 3.8) is 0 Å². The largest absolute Gasteiger partial charge is 0.293 e. The summed E-state index contributed by atoms with van der Waals surface area (Å²) in [7, 11) is 0. The molecule has 0 amide bonds. The second-order valence-electron chi connectivity index (χ2n) is 3.93. The highest BCUT2D eigenvalue weighted by Gasteiger charge is 2.14. The van der Waals surface area contributed by atoms with E-state index in [1.54, 1.807) is 0 Å². The highest BCUT2D eigenvalue weighted by Crippen LogP contribution is 2.15. The monoisotopic (exact) mass is 244 g/mol. The molecule has 1 aromatic rings. The molecule has 0 aliphatic heterocycles. The van der Waals surface area contributed by atoms with E-state index in [1.807, 2.05) is 13.8 Å². The van der Waals surface area contributed by atoms with Crippen LogP contribution in [0.25, 0.3) is 0 Å². The molecule has 0 bridgehead atoms. The lowest BCUT2D eigenvalue weighted by molar-refractivity contribution is 0.101. The molecule has 1 aromatic carbocycles. The molecule has 0 aliphatic carbocycles. The van der Waals surface area contributed by atoms with Gasteiger partial charge < -0.3 is 0 Å². The van der Waals surface area contributed by atoms with Gasteiger partial charge >= 0.3 is 0 Å². The fourth-order valence-corrected chi connectivity index (χ4v) is 2.11. The summed E-state index contributed by atoms with van der Waals surface area (Å²) in [5, 5.41) is 0. The first-order valence-electron chi connectivity index (χ1n) is 5.07. The third kappa shape index (κ3) is 3.59. The number of thioether (sulfide) groups is 1. The Labute approximate surface area is 98.2 Å². The SMILES string of the molecule is CC(C)CSCC(=O)c1cccc(F)c1F. The lowest BCUT2D eigenvalue weighted by atomic mass is 10.1. The Morgan fingerprint density at radius 3 is 2.69 bits per heavy atom. The molecule has 0 saturated heterocycles. The van der Waals surface area contributed by atoms with Crippen LogP contribution in [0.15, 0.2) is 18.2 Å². The summed E-state index contributed by atoms with van der Waals surface area (Å²) in [6, 6.07) is 3.67. The van der Waals surface area contributed by atoms with Gasteiger partial charge in [0.1, 0.15) is 0 Å². The smallest absolute Gasteiger partial charge is 0.175 e. The van der Waals surface area contributed by atoms with Gasteiger partial charge in [-0.2, -0.15) is 11.8 Å². The number of halogens is 2. The molecule has 1 nitrogen and oxygen atoms in total. The number of carbonyl (C=O) groups excluding carboxylic acids is 1. The second-order valence-corrected chi connectivity index (χ2v) is 4.96. The summed E-state index contributed by atoms with van der Waals surface area (Å²) in [6.07, 6.45) is 0. The standard InChI is InChI=1S/C12H14F2OS/c1-8(2)6-16-7-11(15)9-4-3-5-10(13)12(9)14/h3-5,8H,6-7H2,1-2H3. The van der Waals surface area contributed by atoms with Crippen molar-refractivity contribution in [1.82, 2.24) is 0 Å². The number of rotatable bonds is 5. The van der Waals surface area contributed by atoms with Gasteiger partial charge in [-0.3, -0.25) is 4.79 Å². The molecule has 0 atom stereocenters. The molecule has 0 heterocycles. The van der Waals surface area contributed by atoms with Gasteiger partial charge in [0.15, 0.2) is 17.4 Å². The number of hydrogen-bond acceptors (Lipinski definition) is 2. The quantitative estimate of drug-likeness (QED) is 0.737. The Hall–Kier alpha value is -0.900. The maximum atomic E-state index is 13.2. The van der Waals surface area contributed by atoms with Crippen LogP contribution in [0.5, 0.6) is 0 Å². The summed E-state index contributed by atoms with van der Waals surface area (Å²) in [6.45, 7) is 4.08. The van der Waals surface area contributed by atoms with E-state index in [-0.39, 0.29) is 17.1 Å². The van der Waals surface area contributed by atoms with Crippen LogP contribution < -0.4 is 0 Å². The van der Waals surface area contributed by atoms with E-state index in [9.17, 15) is 13.6 Å². The zero-order valence-electron chi connectivity index (χ0n) is 9.30. The van der Waals surface area contributed by atoms with Crippen molar-refractivity contribution < 1.29 is 13.6 Å². The molecule has 0 N–H and O–H groups in total. The van der Waals surface area contributed by atoms with Crippen LogP contribution in [0.4, 0.5) is 8.78 Å². The second kappa shape index (κ2) is 5.99. The van der Waals surface area contributed by atoms with Gasteiger partial charge in [0, 0.05) is 0 Å². The van der Waals surface area contributed by atoms with E-state index in [0.29, 0.717) is 5.92 Å². The number of Topliss-reactive ketones (excluding diaryl/α,β-unsaturated/α-hetero) is 1. The molecule has 0 radical (unpaired) electrons. The maximum Gasteiger partial charge on any atom is 0.175 e. The fraction of sp³-hybridized carbons (Fsp3) is 0.417. The molecule has 0 aliphatic rings. The van der Waals surface area contributed by atoms with E-state index in [1.165, 1.54) is 23.9 Å². The molecule has 0 fully saturated rings. The number of benzene rings is 1. The molecule has 0 saturated carbocycles. The van der Waals surface area contributed by atoms with Gasteiger partial charge in [0.2, 0.25) is 0 Å². The molecular formula is C12H14F2OS. The van der Waals surface area contributed by atoms with Crippen molar-refractivity contribution in [2.45, 2.75) is 13.8 Å². The average Bonchev–Trinajstić information content (AvgIpc) is 2.21. The molecule has 1 rings (SSSR count). The topological polar surface area (TPSA) is 17.1 Å². The van der Waals surface area contributed by atoms with Gasteiger partial charge in [0.25, 0.3) is 0 Å². The normalized spacial score (nSPS) is 10.8. The van der Waals surface area contributed by atoms with Crippen LogP contribution in [0, 0.1) is 17.6 Å². The Bertz CT molecular complexity index is 377. The van der Waals surface area contributed by atoms with Crippen molar-refractivity contribution >= 4 is 17.5 Å². The molecule has 16 heavy (non-hydrogen) atoms. The van der Waals surface area contributed by atoms with Gasteiger partial charge in [0.05, 0.1) is 11.3 Å². The van der Waals surface area contributed by atoms with Crippen molar-refractivity contribution in [2.24, 2.45) is 5.92 Å². The van der Waals surface area contributed by atoms with Gasteiger partial charge in [-0.25, -0.2) is 8.78 Å². The first kappa shape index (κ1) is 13.2. The lowest BCUT2D eigenvalue weighted by Crippen LogP contribution is -2.08. The van der Waals surface area contributed by atoms with Crippen LogP contribution >= 0.6 is 11.8 Å². The Balaban J connectivity index is 2.63. The van der Waals surface area contributed by atoms with E-state index < -0.39 is 11.6 Å². The predicted octanol–water partition coefficient (Wildman–Crippen LogP) is 3.54. The van der Waals surface area contributed by atoms with Gasteiger partial charge in [-0.05, 0) is 23.8 Å². The van der Waals surface area contributed by atoms with Crippen molar-refractivity contribution in [3.05, 3.63) is 35.4 Å². The van der Waals surface area contributed by atoms with Crippen LogP contribution in [-0.4, -0.2) is 17.3 Å². The maximum absolute atomic E-state index is 13.2. The van der Waals surface area contributed by atoms with E-state index >= 15 is 0 Å². The minimum absolute atomic E-state index is 0.156. The zero-order chi connectivity index (χ0) is 12.1. The molecule has 0 aromatic heterocycles. The highest BCUT2D eigenvalue weighted by atomic mass is 32.2. The third-order valence-corrected chi connectivity index (χ3v) is 3.31. The van der Waals surface area contributed by atoms with E-state index in [0.717, 1.165) is 11.8 Å². The minimum atomic E-state index is -1.04. The first-order valence-corrected chi connectivity index (χ1v) is 6.22. The zero-order valence-corrected chi connectivity index (χ0v) is 10.1. The fourth-order valence-electron chi connectivity index (χ4n) is 1.18. The highest BCUT2D eigenvalue weighted by molar-refractivity contribution is 7.99. The predicted molar refractivity (Wildman–Crippen MR) is 62.9 cm³/mol. The Kier molecular flexibility index (Phi) is 4.93.